The number of rotatable bonds is 5. The van der Waals surface area contributed by atoms with E-state index >= 15 is 0 Å². The van der Waals surface area contributed by atoms with Crippen LogP contribution in [0.3, 0.4) is 0 Å². The van der Waals surface area contributed by atoms with Gasteiger partial charge in [-0.3, -0.25) is 4.79 Å². The molecule has 96 valence electrons. The van der Waals surface area contributed by atoms with Crippen LogP contribution in [0.15, 0.2) is 18.2 Å². The molecule has 0 aliphatic rings. The zero-order chi connectivity index (χ0) is 13.0. The van der Waals surface area contributed by atoms with Crippen LogP contribution in [0.1, 0.15) is 19.4 Å². The lowest BCUT2D eigenvalue weighted by atomic mass is 10.1. The Balaban J connectivity index is 2.18. The molecule has 0 aliphatic carbocycles. The lowest BCUT2D eigenvalue weighted by molar-refractivity contribution is -0.142. The molecule has 0 unspecified atom stereocenters. The molecule has 0 atom stereocenters. The zero-order valence-electron chi connectivity index (χ0n) is 10.5. The number of nitrogens with one attached hydrogen (secondary N) is 1. The summed E-state index contributed by atoms with van der Waals surface area (Å²) in [6, 6.07) is 5.88. The van der Waals surface area contributed by atoms with Gasteiger partial charge in [-0.1, -0.05) is 17.4 Å². The molecule has 2 aromatic rings. The van der Waals surface area contributed by atoms with Gasteiger partial charge in [-0.15, -0.1) is 0 Å². The molecule has 1 aromatic heterocycles. The molecule has 0 saturated heterocycles. The summed E-state index contributed by atoms with van der Waals surface area (Å²) < 4.78 is 6.03. The SMILES string of the molecule is CCNc1nc2ccc(CC(=O)OCC)cc2s1. The molecule has 1 aromatic carbocycles. The van der Waals surface area contributed by atoms with Crippen molar-refractivity contribution in [3.05, 3.63) is 23.8 Å². The fraction of sp³-hybridized carbons (Fsp3) is 0.385. The Labute approximate surface area is 110 Å². The number of fused-ring (bicyclic) bond motifs is 1. The smallest absolute Gasteiger partial charge is 0.310 e. The first-order chi connectivity index (χ1) is 8.72. The Hall–Kier alpha value is -1.62. The molecule has 2 rings (SSSR count). The van der Waals surface area contributed by atoms with Crippen molar-refractivity contribution in [2.75, 3.05) is 18.5 Å². The molecule has 0 radical (unpaired) electrons. The van der Waals surface area contributed by atoms with Gasteiger partial charge in [0.1, 0.15) is 0 Å². The molecule has 0 aliphatic heterocycles. The van der Waals surface area contributed by atoms with Gasteiger partial charge in [0.2, 0.25) is 0 Å². The minimum atomic E-state index is -0.187. The van der Waals surface area contributed by atoms with Crippen LogP contribution in [0.25, 0.3) is 10.2 Å². The third kappa shape index (κ3) is 2.98. The van der Waals surface area contributed by atoms with E-state index in [1.54, 1.807) is 11.3 Å². The van der Waals surface area contributed by atoms with Crippen LogP contribution >= 0.6 is 11.3 Å². The van der Waals surface area contributed by atoms with Crippen LogP contribution < -0.4 is 5.32 Å². The number of esters is 1. The van der Waals surface area contributed by atoms with Crippen molar-refractivity contribution in [3.8, 4) is 0 Å². The Morgan fingerprint density at radius 3 is 3.00 bits per heavy atom. The number of aromatic nitrogens is 1. The van der Waals surface area contributed by atoms with E-state index in [0.717, 1.165) is 27.5 Å². The van der Waals surface area contributed by atoms with Gasteiger partial charge < -0.3 is 10.1 Å². The summed E-state index contributed by atoms with van der Waals surface area (Å²) in [6.07, 6.45) is 0.318. The molecule has 5 heteroatoms. The van der Waals surface area contributed by atoms with Gasteiger partial charge in [0.25, 0.3) is 0 Å². The summed E-state index contributed by atoms with van der Waals surface area (Å²) in [5.41, 5.74) is 1.93. The highest BCUT2D eigenvalue weighted by molar-refractivity contribution is 7.22. The van der Waals surface area contributed by atoms with Crippen LogP contribution in [0.5, 0.6) is 0 Å². The molecular formula is C13H16N2O2S. The van der Waals surface area contributed by atoms with Crippen molar-refractivity contribution < 1.29 is 9.53 Å². The molecule has 0 spiro atoms. The predicted octanol–water partition coefficient (Wildman–Crippen LogP) is 2.83. The largest absolute Gasteiger partial charge is 0.466 e. The highest BCUT2D eigenvalue weighted by atomic mass is 32.1. The third-order valence-corrected chi connectivity index (χ3v) is 3.41. The Kier molecular flexibility index (Phi) is 4.15. The summed E-state index contributed by atoms with van der Waals surface area (Å²) in [7, 11) is 0. The summed E-state index contributed by atoms with van der Waals surface area (Å²) in [5, 5.41) is 4.11. The van der Waals surface area contributed by atoms with Crippen molar-refractivity contribution in [2.24, 2.45) is 0 Å². The van der Waals surface area contributed by atoms with E-state index < -0.39 is 0 Å². The maximum Gasteiger partial charge on any atom is 0.310 e. The molecule has 4 nitrogen and oxygen atoms in total. The fourth-order valence-electron chi connectivity index (χ4n) is 1.68. The third-order valence-electron chi connectivity index (χ3n) is 2.43. The van der Waals surface area contributed by atoms with Gasteiger partial charge in [-0.25, -0.2) is 4.98 Å². The number of thiazole rings is 1. The summed E-state index contributed by atoms with van der Waals surface area (Å²) >= 11 is 1.60. The van der Waals surface area contributed by atoms with Gasteiger partial charge >= 0.3 is 5.97 Å². The molecule has 0 fully saturated rings. The molecule has 0 amide bonds. The van der Waals surface area contributed by atoms with E-state index in [2.05, 4.69) is 10.3 Å². The minimum absolute atomic E-state index is 0.187. The monoisotopic (exact) mass is 264 g/mol. The summed E-state index contributed by atoms with van der Waals surface area (Å²) in [5.74, 6) is -0.187. The first kappa shape index (κ1) is 12.8. The second-order valence-electron chi connectivity index (χ2n) is 3.83. The average molecular weight is 264 g/mol. The topological polar surface area (TPSA) is 51.2 Å². The Bertz CT molecular complexity index is 551. The Morgan fingerprint density at radius 2 is 2.28 bits per heavy atom. The lowest BCUT2D eigenvalue weighted by Crippen LogP contribution is -2.07. The lowest BCUT2D eigenvalue weighted by Gasteiger charge is -2.01. The molecule has 1 heterocycles. The van der Waals surface area contributed by atoms with E-state index in [0.29, 0.717) is 13.0 Å². The first-order valence-electron chi connectivity index (χ1n) is 6.02. The molecular weight excluding hydrogens is 248 g/mol. The number of hydrogen-bond acceptors (Lipinski definition) is 5. The highest BCUT2D eigenvalue weighted by Crippen LogP contribution is 2.26. The van der Waals surface area contributed by atoms with Gasteiger partial charge in [-0.2, -0.15) is 0 Å². The van der Waals surface area contributed by atoms with E-state index in [9.17, 15) is 4.79 Å². The van der Waals surface area contributed by atoms with Crippen molar-refractivity contribution >= 4 is 32.7 Å². The number of ether oxygens (including phenoxy) is 1. The fourth-order valence-corrected chi connectivity index (χ4v) is 2.68. The highest BCUT2D eigenvalue weighted by Gasteiger charge is 2.07. The second kappa shape index (κ2) is 5.82. The number of carbonyl (C=O) groups is 1. The maximum atomic E-state index is 11.4. The van der Waals surface area contributed by atoms with Crippen molar-refractivity contribution in [2.45, 2.75) is 20.3 Å². The second-order valence-corrected chi connectivity index (χ2v) is 4.86. The molecule has 18 heavy (non-hydrogen) atoms. The predicted molar refractivity (Wildman–Crippen MR) is 74.1 cm³/mol. The Morgan fingerprint density at radius 1 is 1.44 bits per heavy atom. The average Bonchev–Trinajstić information content (AvgIpc) is 2.71. The van der Waals surface area contributed by atoms with Gasteiger partial charge in [0.05, 0.1) is 23.2 Å². The van der Waals surface area contributed by atoms with Crippen LogP contribution in [0.4, 0.5) is 5.13 Å². The maximum absolute atomic E-state index is 11.4. The number of nitrogens with zero attached hydrogens (tertiary/aromatic N) is 1. The van der Waals surface area contributed by atoms with Crippen molar-refractivity contribution in [1.82, 2.24) is 4.98 Å². The summed E-state index contributed by atoms with van der Waals surface area (Å²) in [4.78, 5) is 15.9. The normalized spacial score (nSPS) is 10.6. The van der Waals surface area contributed by atoms with Crippen LogP contribution in [0.2, 0.25) is 0 Å². The zero-order valence-corrected chi connectivity index (χ0v) is 11.3. The van der Waals surface area contributed by atoms with Gasteiger partial charge in [0.15, 0.2) is 5.13 Å². The van der Waals surface area contributed by atoms with Gasteiger partial charge in [0, 0.05) is 6.54 Å². The van der Waals surface area contributed by atoms with Gasteiger partial charge in [-0.05, 0) is 31.5 Å². The molecule has 1 N–H and O–H groups in total. The minimum Gasteiger partial charge on any atom is -0.466 e. The molecule has 0 saturated carbocycles. The van der Waals surface area contributed by atoms with E-state index in [-0.39, 0.29) is 5.97 Å². The number of carbonyl (C=O) groups excluding carboxylic acids is 1. The number of hydrogen-bond donors (Lipinski definition) is 1. The first-order valence-corrected chi connectivity index (χ1v) is 6.83. The standard InChI is InChI=1S/C13H16N2O2S/c1-3-14-13-15-10-6-5-9(7-11(10)18-13)8-12(16)17-4-2/h5-7H,3-4,8H2,1-2H3,(H,14,15). The summed E-state index contributed by atoms with van der Waals surface area (Å²) in [6.45, 7) is 5.13. The van der Waals surface area contributed by atoms with E-state index in [1.165, 1.54) is 0 Å². The number of benzene rings is 1. The van der Waals surface area contributed by atoms with Crippen LogP contribution in [-0.2, 0) is 16.0 Å². The number of anilines is 1. The quantitative estimate of drug-likeness (QED) is 0.844. The van der Waals surface area contributed by atoms with Crippen molar-refractivity contribution in [3.63, 3.8) is 0 Å². The van der Waals surface area contributed by atoms with Crippen LogP contribution in [0, 0.1) is 0 Å². The molecule has 0 bridgehead atoms. The van der Waals surface area contributed by atoms with E-state index in [1.807, 2.05) is 32.0 Å². The van der Waals surface area contributed by atoms with Crippen LogP contribution in [-0.4, -0.2) is 24.1 Å². The van der Waals surface area contributed by atoms with E-state index in [4.69, 9.17) is 4.74 Å². The van der Waals surface area contributed by atoms with Crippen molar-refractivity contribution in [1.29, 1.82) is 0 Å².